The summed E-state index contributed by atoms with van der Waals surface area (Å²) in [5.74, 6) is 0. The van der Waals surface area contributed by atoms with Crippen molar-refractivity contribution >= 4 is 0 Å². The summed E-state index contributed by atoms with van der Waals surface area (Å²) in [5, 5.41) is 2.58. The van der Waals surface area contributed by atoms with E-state index in [4.69, 9.17) is 0 Å². The molecule has 1 fully saturated rings. The van der Waals surface area contributed by atoms with Gasteiger partial charge < -0.3 is 5.32 Å². The predicted octanol–water partition coefficient (Wildman–Crippen LogP) is 3.61. The van der Waals surface area contributed by atoms with E-state index in [-0.39, 0.29) is 12.1 Å². The van der Waals surface area contributed by atoms with Crippen molar-refractivity contribution < 1.29 is 13.2 Å². The fourth-order valence-corrected chi connectivity index (χ4v) is 3.00. The molecular weight excluding hydrogens is 301 g/mol. The minimum atomic E-state index is -4.15. The molecule has 2 aromatic rings. The van der Waals surface area contributed by atoms with Crippen LogP contribution in [0.2, 0.25) is 0 Å². The Bertz CT molecular complexity index is 568. The Kier molecular flexibility index (Phi) is 4.68. The normalized spacial score (nSPS) is 16.5. The predicted molar refractivity (Wildman–Crippen MR) is 84.1 cm³/mol. The van der Waals surface area contributed by atoms with Crippen molar-refractivity contribution in [3.8, 4) is 0 Å². The van der Waals surface area contributed by atoms with Gasteiger partial charge in [0.1, 0.15) is 0 Å². The van der Waals surface area contributed by atoms with Crippen LogP contribution in [0.4, 0.5) is 13.2 Å². The summed E-state index contributed by atoms with van der Waals surface area (Å²) in [6, 6.07) is 20.1. The first-order valence-electron chi connectivity index (χ1n) is 7.67. The highest BCUT2D eigenvalue weighted by atomic mass is 19.4. The number of benzene rings is 2. The van der Waals surface area contributed by atoms with Gasteiger partial charge in [-0.2, -0.15) is 13.2 Å². The molecule has 2 nitrogen and oxygen atoms in total. The van der Waals surface area contributed by atoms with Crippen LogP contribution in [0.3, 0.4) is 0 Å². The van der Waals surface area contributed by atoms with E-state index in [0.29, 0.717) is 13.1 Å². The van der Waals surface area contributed by atoms with Gasteiger partial charge in [-0.25, -0.2) is 0 Å². The zero-order valence-electron chi connectivity index (χ0n) is 12.6. The average molecular weight is 320 g/mol. The average Bonchev–Trinajstić information content (AvgIpc) is 2.50. The van der Waals surface area contributed by atoms with Crippen molar-refractivity contribution in [1.82, 2.24) is 10.2 Å². The van der Waals surface area contributed by atoms with E-state index in [1.165, 1.54) is 0 Å². The number of hydrogen-bond acceptors (Lipinski definition) is 2. The van der Waals surface area contributed by atoms with Crippen LogP contribution in [0.1, 0.15) is 17.2 Å². The molecule has 0 bridgehead atoms. The molecule has 0 saturated carbocycles. The summed E-state index contributed by atoms with van der Waals surface area (Å²) in [5.41, 5.74) is 2.32. The fourth-order valence-electron chi connectivity index (χ4n) is 3.00. The summed E-state index contributed by atoms with van der Waals surface area (Å²) in [6.45, 7) is 0.307. The minimum Gasteiger partial charge on any atom is -0.303 e. The van der Waals surface area contributed by atoms with Crippen LogP contribution in [0.5, 0.6) is 0 Å². The molecule has 3 rings (SSSR count). The smallest absolute Gasteiger partial charge is 0.303 e. The van der Waals surface area contributed by atoms with Crippen molar-refractivity contribution in [2.24, 2.45) is 0 Å². The zero-order chi connectivity index (χ0) is 16.3. The second-order valence-electron chi connectivity index (χ2n) is 5.87. The van der Waals surface area contributed by atoms with Gasteiger partial charge in [-0.3, -0.25) is 4.90 Å². The SMILES string of the molecule is FC(F)(F)CNC1CN(C(c2ccccc2)c2ccccc2)C1. The largest absolute Gasteiger partial charge is 0.401 e. The van der Waals surface area contributed by atoms with E-state index < -0.39 is 12.7 Å². The van der Waals surface area contributed by atoms with Crippen molar-refractivity contribution in [2.45, 2.75) is 18.3 Å². The lowest BCUT2D eigenvalue weighted by Crippen LogP contribution is -2.60. The number of rotatable bonds is 5. The first-order chi connectivity index (χ1) is 11.0. The first-order valence-corrected chi connectivity index (χ1v) is 7.67. The van der Waals surface area contributed by atoms with E-state index in [2.05, 4.69) is 34.5 Å². The van der Waals surface area contributed by atoms with Crippen LogP contribution < -0.4 is 5.32 Å². The van der Waals surface area contributed by atoms with Crippen molar-refractivity contribution in [3.05, 3.63) is 71.8 Å². The third-order valence-electron chi connectivity index (χ3n) is 4.10. The second kappa shape index (κ2) is 6.72. The molecule has 1 N–H and O–H groups in total. The second-order valence-corrected chi connectivity index (χ2v) is 5.87. The fraction of sp³-hybridized carbons (Fsp3) is 0.333. The van der Waals surface area contributed by atoms with Crippen LogP contribution >= 0.6 is 0 Å². The third kappa shape index (κ3) is 4.12. The van der Waals surface area contributed by atoms with Crippen molar-refractivity contribution in [3.63, 3.8) is 0 Å². The molecule has 0 atom stereocenters. The van der Waals surface area contributed by atoms with E-state index in [1.807, 2.05) is 36.4 Å². The molecule has 0 aromatic heterocycles. The number of nitrogens with one attached hydrogen (secondary N) is 1. The van der Waals surface area contributed by atoms with Crippen LogP contribution in [0, 0.1) is 0 Å². The van der Waals surface area contributed by atoms with E-state index in [9.17, 15) is 13.2 Å². The third-order valence-corrected chi connectivity index (χ3v) is 4.10. The standard InChI is InChI=1S/C18H19F3N2/c19-18(20,21)13-22-16-11-23(12-16)17(14-7-3-1-4-8-14)15-9-5-2-6-10-15/h1-10,16-17,22H,11-13H2. The van der Waals surface area contributed by atoms with Crippen molar-refractivity contribution in [1.29, 1.82) is 0 Å². The number of halogens is 3. The summed E-state index contributed by atoms with van der Waals surface area (Å²) in [4.78, 5) is 2.21. The molecule has 0 spiro atoms. The molecule has 122 valence electrons. The Hall–Kier alpha value is -1.85. The van der Waals surface area contributed by atoms with Gasteiger partial charge in [-0.15, -0.1) is 0 Å². The molecule has 1 aliphatic heterocycles. The maximum atomic E-state index is 12.3. The lowest BCUT2D eigenvalue weighted by molar-refractivity contribution is -0.128. The molecule has 0 radical (unpaired) electrons. The Balaban J connectivity index is 1.70. The quantitative estimate of drug-likeness (QED) is 0.905. The molecule has 0 unspecified atom stereocenters. The molecule has 0 aliphatic carbocycles. The van der Waals surface area contributed by atoms with Crippen LogP contribution in [0.25, 0.3) is 0 Å². The van der Waals surface area contributed by atoms with Gasteiger partial charge in [0.25, 0.3) is 0 Å². The Morgan fingerprint density at radius 2 is 1.39 bits per heavy atom. The summed E-state index contributed by atoms with van der Waals surface area (Å²) < 4.78 is 36.9. The van der Waals surface area contributed by atoms with Gasteiger partial charge in [-0.1, -0.05) is 60.7 Å². The number of nitrogens with zero attached hydrogens (tertiary/aromatic N) is 1. The van der Waals surface area contributed by atoms with Gasteiger partial charge >= 0.3 is 6.18 Å². The Labute approximate surface area is 133 Å². The number of likely N-dealkylation sites (tertiary alicyclic amines) is 1. The highest BCUT2D eigenvalue weighted by molar-refractivity contribution is 5.32. The molecule has 1 aliphatic rings. The number of alkyl halides is 3. The van der Waals surface area contributed by atoms with Crippen molar-refractivity contribution in [2.75, 3.05) is 19.6 Å². The van der Waals surface area contributed by atoms with E-state index in [0.717, 1.165) is 11.1 Å². The van der Waals surface area contributed by atoms with E-state index >= 15 is 0 Å². The molecule has 5 heteroatoms. The van der Waals surface area contributed by atoms with Crippen LogP contribution in [-0.4, -0.2) is 36.8 Å². The van der Waals surface area contributed by atoms with Crippen LogP contribution in [-0.2, 0) is 0 Å². The first kappa shape index (κ1) is 16.0. The molecule has 0 amide bonds. The molecule has 23 heavy (non-hydrogen) atoms. The van der Waals surface area contributed by atoms with Crippen LogP contribution in [0.15, 0.2) is 60.7 Å². The minimum absolute atomic E-state index is 0.0846. The lowest BCUT2D eigenvalue weighted by atomic mass is 9.93. The summed E-state index contributed by atoms with van der Waals surface area (Å²) in [7, 11) is 0. The monoisotopic (exact) mass is 320 g/mol. The van der Waals surface area contributed by atoms with Gasteiger partial charge in [0, 0.05) is 19.1 Å². The highest BCUT2D eigenvalue weighted by Crippen LogP contribution is 2.32. The molecule has 2 aromatic carbocycles. The molecule has 1 heterocycles. The topological polar surface area (TPSA) is 15.3 Å². The Morgan fingerprint density at radius 3 is 1.83 bits per heavy atom. The zero-order valence-corrected chi connectivity index (χ0v) is 12.6. The van der Waals surface area contributed by atoms with Gasteiger partial charge in [-0.05, 0) is 11.1 Å². The summed E-state index contributed by atoms with van der Waals surface area (Å²) >= 11 is 0. The molecule has 1 saturated heterocycles. The van der Waals surface area contributed by atoms with Gasteiger partial charge in [0.2, 0.25) is 0 Å². The maximum Gasteiger partial charge on any atom is 0.401 e. The maximum absolute atomic E-state index is 12.3. The lowest BCUT2D eigenvalue weighted by Gasteiger charge is -2.45. The van der Waals surface area contributed by atoms with E-state index in [1.54, 1.807) is 0 Å². The van der Waals surface area contributed by atoms with Gasteiger partial charge in [0.05, 0.1) is 12.6 Å². The Morgan fingerprint density at radius 1 is 0.913 bits per heavy atom. The summed E-state index contributed by atoms with van der Waals surface area (Å²) in [6.07, 6.45) is -4.15. The van der Waals surface area contributed by atoms with Gasteiger partial charge in [0.15, 0.2) is 0 Å². The molecular formula is C18H19F3N2. The number of hydrogen-bond donors (Lipinski definition) is 1. The highest BCUT2D eigenvalue weighted by Gasteiger charge is 2.36.